The fourth-order valence-corrected chi connectivity index (χ4v) is 1.01. The minimum absolute atomic E-state index is 0. The first-order valence-electron chi connectivity index (χ1n) is 3.00. The molecule has 0 nitrogen and oxygen atoms in total. The molecule has 0 spiro atoms. The Bertz CT molecular complexity index is 68.5. The number of hydrogen-bond acceptors (Lipinski definition) is 0. The Hall–Kier alpha value is 0.259. The third-order valence-corrected chi connectivity index (χ3v) is 1.50. The summed E-state index contributed by atoms with van der Waals surface area (Å²) in [6.45, 7) is 5.55. The zero-order valence-electron chi connectivity index (χ0n) is 4.91. The average molecular weight is 159 g/mol. The Labute approximate surface area is 61.8 Å². The summed E-state index contributed by atoms with van der Waals surface area (Å²) < 4.78 is 0. The van der Waals surface area contributed by atoms with Crippen LogP contribution in [0.3, 0.4) is 0 Å². The van der Waals surface area contributed by atoms with Crippen LogP contribution in [0.15, 0.2) is 5.57 Å². The van der Waals surface area contributed by atoms with Gasteiger partial charge in [-0.3, -0.25) is 0 Å². The summed E-state index contributed by atoms with van der Waals surface area (Å²) in [6.07, 6.45) is 6.40. The van der Waals surface area contributed by atoms with Crippen LogP contribution in [0.5, 0.6) is 0 Å². The largest absolute Gasteiger partial charge is 0.0702 e. The van der Waals surface area contributed by atoms with Gasteiger partial charge in [0.2, 0.25) is 0 Å². The van der Waals surface area contributed by atoms with Crippen LogP contribution in [0.4, 0.5) is 0 Å². The van der Waals surface area contributed by atoms with Gasteiger partial charge in [0.25, 0.3) is 0 Å². The van der Waals surface area contributed by atoms with E-state index >= 15 is 0 Å². The standard InChI is InChI=1S/C7H11.Cu/c1-7-5-3-2-4-6-7;/h1H,2-6H2;. The second-order valence-electron chi connectivity index (χ2n) is 2.22. The third-order valence-electron chi connectivity index (χ3n) is 1.50. The van der Waals surface area contributed by atoms with Crippen LogP contribution >= 0.6 is 0 Å². The van der Waals surface area contributed by atoms with Crippen molar-refractivity contribution in [3.8, 4) is 0 Å². The van der Waals surface area contributed by atoms with E-state index in [9.17, 15) is 0 Å². The van der Waals surface area contributed by atoms with Gasteiger partial charge < -0.3 is 0 Å². The molecule has 0 aromatic rings. The molecule has 50 valence electrons. The predicted molar refractivity (Wildman–Crippen MR) is 30.9 cm³/mol. The molecule has 0 unspecified atom stereocenters. The quantitative estimate of drug-likeness (QED) is 0.475. The van der Waals surface area contributed by atoms with Gasteiger partial charge in [0.1, 0.15) is 0 Å². The van der Waals surface area contributed by atoms with Crippen LogP contribution in [0.25, 0.3) is 0 Å². The molecule has 0 N–H and O–H groups in total. The Kier molecular flexibility index (Phi) is 4.30. The monoisotopic (exact) mass is 158 g/mol. The maximum Gasteiger partial charge on any atom is 0 e. The molecular weight excluding hydrogens is 148 g/mol. The van der Waals surface area contributed by atoms with E-state index in [4.69, 9.17) is 6.58 Å². The molecule has 0 heterocycles. The summed E-state index contributed by atoms with van der Waals surface area (Å²) in [5, 5.41) is 0. The fraction of sp³-hybridized carbons (Fsp3) is 0.714. The summed E-state index contributed by atoms with van der Waals surface area (Å²) in [4.78, 5) is 0. The van der Waals surface area contributed by atoms with Crippen LogP contribution in [0.1, 0.15) is 32.1 Å². The molecule has 0 bridgehead atoms. The maximum atomic E-state index is 5.55. The molecular formula is C7H11Cu. The molecule has 1 rings (SSSR count). The van der Waals surface area contributed by atoms with Crippen molar-refractivity contribution in [2.24, 2.45) is 0 Å². The van der Waals surface area contributed by atoms with E-state index < -0.39 is 0 Å². The van der Waals surface area contributed by atoms with Crippen LogP contribution in [-0.4, -0.2) is 0 Å². The molecule has 2 radical (unpaired) electrons. The van der Waals surface area contributed by atoms with Crippen molar-refractivity contribution in [3.05, 3.63) is 12.2 Å². The second-order valence-corrected chi connectivity index (χ2v) is 2.22. The van der Waals surface area contributed by atoms with Crippen molar-refractivity contribution >= 4 is 0 Å². The summed E-state index contributed by atoms with van der Waals surface area (Å²) in [7, 11) is 0. The van der Waals surface area contributed by atoms with E-state index in [-0.39, 0.29) is 17.1 Å². The topological polar surface area (TPSA) is 0 Å². The Morgan fingerprint density at radius 2 is 1.50 bits per heavy atom. The predicted octanol–water partition coefficient (Wildman–Crippen LogP) is 2.31. The number of rotatable bonds is 0. The van der Waals surface area contributed by atoms with Gasteiger partial charge >= 0.3 is 0 Å². The third kappa shape index (κ3) is 2.54. The molecule has 1 saturated carbocycles. The van der Waals surface area contributed by atoms with Gasteiger partial charge in [0.15, 0.2) is 0 Å². The van der Waals surface area contributed by atoms with Crippen molar-refractivity contribution in [2.45, 2.75) is 32.1 Å². The molecule has 0 amide bonds. The molecule has 8 heavy (non-hydrogen) atoms. The van der Waals surface area contributed by atoms with Crippen molar-refractivity contribution in [1.29, 1.82) is 0 Å². The first-order valence-corrected chi connectivity index (χ1v) is 3.00. The van der Waals surface area contributed by atoms with Gasteiger partial charge in [-0.05, 0) is 25.7 Å². The van der Waals surface area contributed by atoms with E-state index in [1.54, 1.807) is 0 Å². The molecule has 0 saturated heterocycles. The van der Waals surface area contributed by atoms with Crippen LogP contribution < -0.4 is 0 Å². The van der Waals surface area contributed by atoms with Gasteiger partial charge in [-0.1, -0.05) is 18.6 Å². The zero-order chi connectivity index (χ0) is 5.11. The van der Waals surface area contributed by atoms with Crippen LogP contribution in [0.2, 0.25) is 0 Å². The van der Waals surface area contributed by atoms with Crippen molar-refractivity contribution < 1.29 is 17.1 Å². The Morgan fingerprint density at radius 3 is 1.75 bits per heavy atom. The normalized spacial score (nSPS) is 19.8. The molecule has 1 fully saturated rings. The first kappa shape index (κ1) is 8.26. The summed E-state index contributed by atoms with van der Waals surface area (Å²) in [6, 6.07) is 0. The van der Waals surface area contributed by atoms with Gasteiger partial charge in [0.05, 0.1) is 0 Å². The van der Waals surface area contributed by atoms with Gasteiger partial charge in [-0.2, -0.15) is 0 Å². The van der Waals surface area contributed by atoms with E-state index in [1.165, 1.54) is 37.7 Å². The smallest absolute Gasteiger partial charge is 0 e. The number of allylic oxidation sites excluding steroid dienone is 1. The zero-order valence-corrected chi connectivity index (χ0v) is 5.86. The minimum Gasteiger partial charge on any atom is -0.0702 e. The van der Waals surface area contributed by atoms with Crippen molar-refractivity contribution in [3.63, 3.8) is 0 Å². The maximum absolute atomic E-state index is 5.55. The summed E-state index contributed by atoms with van der Waals surface area (Å²) in [5.41, 5.74) is 1.21. The van der Waals surface area contributed by atoms with Crippen molar-refractivity contribution in [2.75, 3.05) is 0 Å². The van der Waals surface area contributed by atoms with Gasteiger partial charge in [-0.15, -0.1) is 0 Å². The van der Waals surface area contributed by atoms with E-state index in [0.29, 0.717) is 0 Å². The first-order chi connectivity index (χ1) is 3.39. The van der Waals surface area contributed by atoms with Crippen molar-refractivity contribution in [1.82, 2.24) is 0 Å². The average Bonchev–Trinajstić information content (AvgIpc) is 1.69. The summed E-state index contributed by atoms with van der Waals surface area (Å²) >= 11 is 0. The molecule has 0 aromatic heterocycles. The number of hydrogen-bond donors (Lipinski definition) is 0. The molecule has 0 atom stereocenters. The Morgan fingerprint density at radius 1 is 1.00 bits per heavy atom. The summed E-state index contributed by atoms with van der Waals surface area (Å²) in [5.74, 6) is 0. The molecule has 0 aliphatic heterocycles. The molecule has 0 aromatic carbocycles. The molecule has 1 heteroatoms. The van der Waals surface area contributed by atoms with Gasteiger partial charge in [0, 0.05) is 17.1 Å². The van der Waals surface area contributed by atoms with E-state index in [0.717, 1.165) is 0 Å². The van der Waals surface area contributed by atoms with Gasteiger partial charge in [-0.25, -0.2) is 0 Å². The fourth-order valence-electron chi connectivity index (χ4n) is 1.01. The van der Waals surface area contributed by atoms with E-state index in [1.807, 2.05) is 0 Å². The molecule has 1 aliphatic carbocycles. The Balaban J connectivity index is 0.000000490. The van der Waals surface area contributed by atoms with E-state index in [2.05, 4.69) is 0 Å². The minimum atomic E-state index is 0. The SMILES string of the molecule is [CH]=C1CCCCC1.[Cu]. The molecule has 1 aliphatic rings. The van der Waals surface area contributed by atoms with Crippen LogP contribution in [0, 0.1) is 6.58 Å². The van der Waals surface area contributed by atoms with Crippen LogP contribution in [-0.2, 0) is 17.1 Å². The second kappa shape index (κ2) is 4.17.